The Morgan fingerprint density at radius 2 is 1.85 bits per heavy atom. The van der Waals surface area contributed by atoms with Crippen molar-refractivity contribution in [3.05, 3.63) is 46.8 Å². The molecule has 8 heteroatoms. The molecular weight excluding hydrogens is 394 g/mol. The second-order valence-corrected chi connectivity index (χ2v) is 10.4. The molecule has 0 bridgehead atoms. The molecule has 1 saturated heterocycles. The normalized spacial score (nSPS) is 17.9. The van der Waals surface area contributed by atoms with E-state index in [0.29, 0.717) is 43.3 Å². The minimum Gasteiger partial charge on any atom is -0.494 e. The zero-order valence-corrected chi connectivity index (χ0v) is 16.7. The second kappa shape index (κ2) is 8.27. The van der Waals surface area contributed by atoms with Crippen LogP contribution < -0.4 is 4.74 Å². The molecule has 0 unspecified atom stereocenters. The van der Waals surface area contributed by atoms with Gasteiger partial charge in [-0.3, -0.25) is 0 Å². The Kier molecular flexibility index (Phi) is 6.25. The number of thiophene rings is 1. The summed E-state index contributed by atoms with van der Waals surface area (Å²) in [6, 6.07) is 12.7. The van der Waals surface area contributed by atoms with Crippen molar-refractivity contribution in [3.63, 3.8) is 0 Å². The van der Waals surface area contributed by atoms with Crippen molar-refractivity contribution in [2.45, 2.75) is 23.5 Å². The fourth-order valence-electron chi connectivity index (χ4n) is 3.15. The smallest absolute Gasteiger partial charge is 0.252 e. The molecule has 1 aliphatic heterocycles. The first-order chi connectivity index (χ1) is 12.5. The highest BCUT2D eigenvalue weighted by Crippen LogP contribution is 2.37. The van der Waals surface area contributed by atoms with Crippen molar-refractivity contribution in [3.8, 4) is 5.75 Å². The lowest BCUT2D eigenvalue weighted by atomic mass is 9.77. The van der Waals surface area contributed by atoms with Gasteiger partial charge in [-0.05, 0) is 48.9 Å². The Balaban J connectivity index is 1.58. The topological polar surface area (TPSA) is 66.8 Å². The predicted octanol–water partition coefficient (Wildman–Crippen LogP) is 3.63. The Morgan fingerprint density at radius 1 is 1.15 bits per heavy atom. The van der Waals surface area contributed by atoms with Gasteiger partial charge in [0.25, 0.3) is 10.0 Å². The van der Waals surface area contributed by atoms with Crippen LogP contribution in [0.1, 0.15) is 19.3 Å². The Morgan fingerprint density at radius 3 is 2.42 bits per heavy atom. The van der Waals surface area contributed by atoms with E-state index in [1.165, 1.54) is 4.31 Å². The van der Waals surface area contributed by atoms with E-state index >= 15 is 0 Å². The molecule has 0 spiro atoms. The number of sulfonamides is 1. The Hall–Kier alpha value is -1.12. The second-order valence-electron chi connectivity index (χ2n) is 6.53. The van der Waals surface area contributed by atoms with E-state index in [4.69, 9.17) is 16.3 Å². The van der Waals surface area contributed by atoms with Crippen LogP contribution in [0.25, 0.3) is 0 Å². The number of aliphatic hydroxyl groups is 1. The number of rotatable bonds is 7. The molecule has 1 aromatic carbocycles. The first-order valence-corrected chi connectivity index (χ1v) is 11.1. The van der Waals surface area contributed by atoms with Gasteiger partial charge in [0.1, 0.15) is 9.96 Å². The minimum atomic E-state index is -3.51. The summed E-state index contributed by atoms with van der Waals surface area (Å²) in [5.74, 6) is 0.801. The minimum absolute atomic E-state index is 0.0316. The molecule has 0 aliphatic carbocycles. The third kappa shape index (κ3) is 4.40. The molecular formula is C18H22ClNO4S2. The molecule has 2 aromatic rings. The van der Waals surface area contributed by atoms with Crippen LogP contribution >= 0.6 is 22.9 Å². The van der Waals surface area contributed by atoms with Crippen LogP contribution in [0.2, 0.25) is 4.34 Å². The lowest BCUT2D eigenvalue weighted by molar-refractivity contribution is 0.0472. The summed E-state index contributed by atoms with van der Waals surface area (Å²) < 4.78 is 33.3. The van der Waals surface area contributed by atoms with Gasteiger partial charge in [-0.2, -0.15) is 4.31 Å². The standard InChI is InChI=1S/C18H22ClNO4S2/c19-16-6-7-17(25-16)26(22,23)20-11-8-18(14-21,9-12-20)10-13-24-15-4-2-1-3-5-15/h1-7,21H,8-14H2. The van der Waals surface area contributed by atoms with E-state index in [1.54, 1.807) is 12.1 Å². The Labute approximate surface area is 163 Å². The highest BCUT2D eigenvalue weighted by atomic mass is 35.5. The maximum atomic E-state index is 12.7. The molecule has 1 fully saturated rings. The molecule has 5 nitrogen and oxygen atoms in total. The van der Waals surface area contributed by atoms with Gasteiger partial charge in [-0.1, -0.05) is 29.8 Å². The van der Waals surface area contributed by atoms with E-state index in [1.807, 2.05) is 30.3 Å². The third-order valence-electron chi connectivity index (χ3n) is 4.91. The van der Waals surface area contributed by atoms with E-state index in [0.717, 1.165) is 17.1 Å². The monoisotopic (exact) mass is 415 g/mol. The molecule has 142 valence electrons. The van der Waals surface area contributed by atoms with Crippen molar-refractivity contribution in [2.75, 3.05) is 26.3 Å². The van der Waals surface area contributed by atoms with Crippen LogP contribution in [0.3, 0.4) is 0 Å². The number of aliphatic hydroxyl groups excluding tert-OH is 1. The first kappa shape index (κ1) is 19.6. The fraction of sp³-hybridized carbons (Fsp3) is 0.444. The van der Waals surface area contributed by atoms with Crippen molar-refractivity contribution in [1.82, 2.24) is 4.31 Å². The lowest BCUT2D eigenvalue weighted by Crippen LogP contribution is -2.45. The summed E-state index contributed by atoms with van der Waals surface area (Å²) >= 11 is 6.94. The maximum Gasteiger partial charge on any atom is 0.252 e. The molecule has 0 saturated carbocycles. The summed E-state index contributed by atoms with van der Waals surface area (Å²) in [4.78, 5) is 0. The van der Waals surface area contributed by atoms with Gasteiger partial charge < -0.3 is 9.84 Å². The first-order valence-electron chi connectivity index (χ1n) is 8.49. The van der Waals surface area contributed by atoms with Gasteiger partial charge in [0, 0.05) is 19.7 Å². The summed E-state index contributed by atoms with van der Waals surface area (Å²) in [6.45, 7) is 1.31. The van der Waals surface area contributed by atoms with Crippen LogP contribution in [0.4, 0.5) is 0 Å². The molecule has 1 aromatic heterocycles. The quantitative estimate of drug-likeness (QED) is 0.749. The van der Waals surface area contributed by atoms with Crippen LogP contribution in [0.15, 0.2) is 46.7 Å². The van der Waals surface area contributed by atoms with E-state index in [-0.39, 0.29) is 16.2 Å². The van der Waals surface area contributed by atoms with E-state index in [2.05, 4.69) is 0 Å². The fourth-order valence-corrected chi connectivity index (χ4v) is 6.23. The summed E-state index contributed by atoms with van der Waals surface area (Å²) in [5.41, 5.74) is -0.298. The van der Waals surface area contributed by atoms with Crippen LogP contribution in [-0.4, -0.2) is 44.1 Å². The van der Waals surface area contributed by atoms with Crippen molar-refractivity contribution in [2.24, 2.45) is 5.41 Å². The number of nitrogens with zero attached hydrogens (tertiary/aromatic N) is 1. The molecule has 0 amide bonds. The molecule has 26 heavy (non-hydrogen) atoms. The summed E-state index contributed by atoms with van der Waals surface area (Å²) in [7, 11) is -3.51. The van der Waals surface area contributed by atoms with Gasteiger partial charge >= 0.3 is 0 Å². The highest BCUT2D eigenvalue weighted by Gasteiger charge is 2.38. The third-order valence-corrected chi connectivity index (χ3v) is 8.50. The number of para-hydroxylation sites is 1. The molecule has 0 atom stereocenters. The van der Waals surface area contributed by atoms with Gasteiger partial charge in [-0.25, -0.2) is 8.42 Å². The van der Waals surface area contributed by atoms with E-state index < -0.39 is 10.0 Å². The SMILES string of the molecule is O=S(=O)(c1ccc(Cl)s1)N1CCC(CO)(CCOc2ccccc2)CC1. The molecule has 1 aliphatic rings. The molecule has 2 heterocycles. The van der Waals surface area contributed by atoms with Gasteiger partial charge in [0.2, 0.25) is 0 Å². The van der Waals surface area contributed by atoms with Crippen molar-refractivity contribution < 1.29 is 18.3 Å². The van der Waals surface area contributed by atoms with Crippen molar-refractivity contribution in [1.29, 1.82) is 0 Å². The summed E-state index contributed by atoms with van der Waals surface area (Å²) in [6.07, 6.45) is 1.91. The predicted molar refractivity (Wildman–Crippen MR) is 103 cm³/mol. The largest absolute Gasteiger partial charge is 0.494 e. The average Bonchev–Trinajstić information content (AvgIpc) is 3.10. The number of hydrogen-bond acceptors (Lipinski definition) is 5. The molecule has 1 N–H and O–H groups in total. The summed E-state index contributed by atoms with van der Waals surface area (Å²) in [5, 5.41) is 9.91. The van der Waals surface area contributed by atoms with Crippen molar-refractivity contribution >= 4 is 33.0 Å². The van der Waals surface area contributed by atoms with Gasteiger partial charge in [0.15, 0.2) is 0 Å². The molecule has 3 rings (SSSR count). The number of ether oxygens (including phenoxy) is 1. The maximum absolute atomic E-state index is 12.7. The zero-order chi connectivity index (χ0) is 18.6. The van der Waals surface area contributed by atoms with Crippen LogP contribution in [0, 0.1) is 5.41 Å². The number of piperidine rings is 1. The zero-order valence-electron chi connectivity index (χ0n) is 14.3. The van der Waals surface area contributed by atoms with Crippen LogP contribution in [0.5, 0.6) is 5.75 Å². The Bertz CT molecular complexity index is 815. The number of halogens is 1. The average molecular weight is 416 g/mol. The molecule has 0 radical (unpaired) electrons. The highest BCUT2D eigenvalue weighted by molar-refractivity contribution is 7.91. The number of benzene rings is 1. The van der Waals surface area contributed by atoms with Gasteiger partial charge in [-0.15, -0.1) is 11.3 Å². The van der Waals surface area contributed by atoms with E-state index in [9.17, 15) is 13.5 Å². The van der Waals surface area contributed by atoms with Gasteiger partial charge in [0.05, 0.1) is 10.9 Å². The number of hydrogen-bond donors (Lipinski definition) is 1. The van der Waals surface area contributed by atoms with Crippen LogP contribution in [-0.2, 0) is 10.0 Å². The lowest BCUT2D eigenvalue weighted by Gasteiger charge is -2.39.